The third kappa shape index (κ3) is 3.96. The van der Waals surface area contributed by atoms with Crippen molar-refractivity contribution in [2.24, 2.45) is 7.05 Å². The summed E-state index contributed by atoms with van der Waals surface area (Å²) in [4.78, 5) is 37.5. The van der Waals surface area contributed by atoms with E-state index in [-0.39, 0.29) is 18.9 Å². The fourth-order valence-corrected chi connectivity index (χ4v) is 4.23. The summed E-state index contributed by atoms with van der Waals surface area (Å²) in [5, 5.41) is 19.7. The van der Waals surface area contributed by atoms with E-state index < -0.39 is 23.5 Å². The van der Waals surface area contributed by atoms with Crippen LogP contribution in [0.15, 0.2) is 6.07 Å². The maximum atomic E-state index is 12.5. The Bertz CT molecular complexity index is 862. The number of carboxylic acid groups (broad SMARTS) is 1. The van der Waals surface area contributed by atoms with E-state index in [9.17, 15) is 14.4 Å². The van der Waals surface area contributed by atoms with Crippen molar-refractivity contribution in [3.8, 4) is 0 Å². The fourth-order valence-electron chi connectivity index (χ4n) is 3.20. The number of hydrogen-bond acceptors (Lipinski definition) is 6. The van der Waals surface area contributed by atoms with E-state index in [1.54, 1.807) is 17.7 Å². The quantitative estimate of drug-likeness (QED) is 0.666. The van der Waals surface area contributed by atoms with E-state index >= 15 is 0 Å². The summed E-state index contributed by atoms with van der Waals surface area (Å²) in [5.41, 5.74) is -0.0899. The molecule has 0 bridgehead atoms. The SMILES string of the molecule is Cc1nn(C)c2sc(C(=O)NC(C)C(=O)NC3(CC(=O)O)CCOC3)cc12. The molecule has 2 unspecified atom stereocenters. The molecular formula is C17H22N4O5S. The molecule has 3 heterocycles. The number of fused-ring (bicyclic) bond motifs is 1. The largest absolute Gasteiger partial charge is 0.481 e. The number of aliphatic carboxylic acids is 1. The zero-order valence-corrected chi connectivity index (χ0v) is 16.2. The number of carbonyl (C=O) groups excluding carboxylic acids is 2. The molecule has 3 rings (SSSR count). The fraction of sp³-hybridized carbons (Fsp3) is 0.529. The van der Waals surface area contributed by atoms with Gasteiger partial charge in [0, 0.05) is 19.0 Å². The predicted octanol–water partition coefficient (Wildman–Crippen LogP) is 0.812. The Morgan fingerprint density at radius 2 is 2.22 bits per heavy atom. The molecule has 2 aromatic rings. The van der Waals surface area contributed by atoms with Crippen molar-refractivity contribution in [2.75, 3.05) is 13.2 Å². The molecule has 1 aliphatic rings. The second-order valence-corrected chi connectivity index (χ2v) is 7.91. The molecule has 146 valence electrons. The first kappa shape index (κ1) is 19.3. The number of thiophene rings is 1. The summed E-state index contributed by atoms with van der Waals surface area (Å²) in [6.07, 6.45) is 0.205. The van der Waals surface area contributed by atoms with Crippen molar-refractivity contribution in [2.45, 2.75) is 38.3 Å². The standard InChI is InChI=1S/C17H22N4O5S/c1-9-11-6-12(27-16(11)21(3)20-9)15(25)18-10(2)14(24)19-17(7-13(22)23)4-5-26-8-17/h6,10H,4-5,7-8H2,1-3H3,(H,18,25)(H,19,24)(H,22,23). The molecule has 1 saturated heterocycles. The number of aromatic nitrogens is 2. The molecule has 27 heavy (non-hydrogen) atoms. The molecule has 9 nitrogen and oxygen atoms in total. The lowest BCUT2D eigenvalue weighted by molar-refractivity contribution is -0.139. The lowest BCUT2D eigenvalue weighted by Crippen LogP contribution is -2.56. The first-order chi connectivity index (χ1) is 12.7. The monoisotopic (exact) mass is 394 g/mol. The summed E-state index contributed by atoms with van der Waals surface area (Å²) < 4.78 is 6.99. The molecule has 2 amide bonds. The highest BCUT2D eigenvalue weighted by atomic mass is 32.1. The van der Waals surface area contributed by atoms with Crippen LogP contribution in [0, 0.1) is 6.92 Å². The third-order valence-corrected chi connectivity index (χ3v) is 5.84. The minimum atomic E-state index is -1.01. The molecule has 2 atom stereocenters. The third-order valence-electron chi connectivity index (χ3n) is 4.64. The van der Waals surface area contributed by atoms with Gasteiger partial charge in [0.2, 0.25) is 5.91 Å². The van der Waals surface area contributed by atoms with Gasteiger partial charge in [0.25, 0.3) is 5.91 Å². The van der Waals surface area contributed by atoms with Gasteiger partial charge in [-0.1, -0.05) is 0 Å². The second kappa shape index (κ2) is 7.28. The molecule has 1 aliphatic heterocycles. The van der Waals surface area contributed by atoms with Gasteiger partial charge in [-0.3, -0.25) is 19.1 Å². The number of aryl methyl sites for hydroxylation is 2. The highest BCUT2D eigenvalue weighted by Gasteiger charge is 2.39. The topological polar surface area (TPSA) is 123 Å². The van der Waals surface area contributed by atoms with Gasteiger partial charge in [-0.2, -0.15) is 5.10 Å². The Hall–Kier alpha value is -2.46. The molecule has 3 N–H and O–H groups in total. The molecule has 0 spiro atoms. The predicted molar refractivity (Wildman–Crippen MR) is 98.8 cm³/mol. The minimum absolute atomic E-state index is 0.147. The summed E-state index contributed by atoms with van der Waals surface area (Å²) >= 11 is 1.31. The van der Waals surface area contributed by atoms with Crippen LogP contribution in [-0.4, -0.2) is 57.5 Å². The van der Waals surface area contributed by atoms with E-state index in [1.807, 2.05) is 14.0 Å². The van der Waals surface area contributed by atoms with Gasteiger partial charge in [-0.25, -0.2) is 0 Å². The minimum Gasteiger partial charge on any atom is -0.481 e. The van der Waals surface area contributed by atoms with Crippen LogP contribution in [0.5, 0.6) is 0 Å². The van der Waals surface area contributed by atoms with E-state index in [2.05, 4.69) is 15.7 Å². The van der Waals surface area contributed by atoms with Gasteiger partial charge in [0.15, 0.2) is 0 Å². The second-order valence-electron chi connectivity index (χ2n) is 6.88. The van der Waals surface area contributed by atoms with Gasteiger partial charge in [0.1, 0.15) is 10.9 Å². The van der Waals surface area contributed by atoms with E-state index in [0.29, 0.717) is 17.9 Å². The maximum absolute atomic E-state index is 12.5. The number of amides is 2. The number of nitrogens with zero attached hydrogens (tertiary/aromatic N) is 2. The summed E-state index contributed by atoms with van der Waals surface area (Å²) in [6, 6.07) is 0.951. The Morgan fingerprint density at radius 3 is 2.81 bits per heavy atom. The Labute approximate surface area is 159 Å². The van der Waals surface area contributed by atoms with Gasteiger partial charge in [0.05, 0.1) is 29.1 Å². The Kier molecular flexibility index (Phi) is 5.20. The van der Waals surface area contributed by atoms with Crippen LogP contribution in [0.3, 0.4) is 0 Å². The number of nitrogens with one attached hydrogen (secondary N) is 2. The summed E-state index contributed by atoms with van der Waals surface area (Å²) in [6.45, 7) is 3.98. The van der Waals surface area contributed by atoms with Gasteiger partial charge in [-0.15, -0.1) is 11.3 Å². The highest BCUT2D eigenvalue weighted by Crippen LogP contribution is 2.27. The van der Waals surface area contributed by atoms with Crippen LogP contribution >= 0.6 is 11.3 Å². The smallest absolute Gasteiger partial charge is 0.305 e. The highest BCUT2D eigenvalue weighted by molar-refractivity contribution is 7.20. The lowest BCUT2D eigenvalue weighted by atomic mass is 9.94. The molecular weight excluding hydrogens is 372 g/mol. The number of carbonyl (C=O) groups is 3. The van der Waals surface area contributed by atoms with E-state index in [4.69, 9.17) is 9.84 Å². The van der Waals surface area contributed by atoms with Crippen molar-refractivity contribution in [1.29, 1.82) is 0 Å². The average Bonchev–Trinajstić information content (AvgIpc) is 3.26. The number of ether oxygens (including phenoxy) is 1. The number of hydrogen-bond donors (Lipinski definition) is 3. The Balaban J connectivity index is 1.67. The number of carboxylic acids is 1. The summed E-state index contributed by atoms with van der Waals surface area (Å²) in [5.74, 6) is -1.80. The van der Waals surface area contributed by atoms with Crippen molar-refractivity contribution >= 4 is 39.3 Å². The molecule has 2 aromatic heterocycles. The molecule has 0 aliphatic carbocycles. The summed E-state index contributed by atoms with van der Waals surface area (Å²) in [7, 11) is 1.81. The average molecular weight is 394 g/mol. The van der Waals surface area contributed by atoms with E-state index in [0.717, 1.165) is 15.9 Å². The molecule has 1 fully saturated rings. The first-order valence-electron chi connectivity index (χ1n) is 8.56. The molecule has 0 saturated carbocycles. The molecule has 10 heteroatoms. The molecule has 0 aromatic carbocycles. The first-order valence-corrected chi connectivity index (χ1v) is 9.38. The van der Waals surface area contributed by atoms with Crippen LogP contribution in [0.25, 0.3) is 10.2 Å². The zero-order valence-electron chi connectivity index (χ0n) is 15.4. The van der Waals surface area contributed by atoms with Crippen molar-refractivity contribution in [3.05, 3.63) is 16.6 Å². The van der Waals surface area contributed by atoms with Crippen LogP contribution in [0.1, 0.15) is 35.1 Å². The Morgan fingerprint density at radius 1 is 1.48 bits per heavy atom. The number of rotatable bonds is 6. The molecule has 0 radical (unpaired) electrons. The van der Waals surface area contributed by atoms with Crippen LogP contribution in [0.4, 0.5) is 0 Å². The maximum Gasteiger partial charge on any atom is 0.305 e. The van der Waals surface area contributed by atoms with Gasteiger partial charge < -0.3 is 20.5 Å². The zero-order chi connectivity index (χ0) is 19.8. The normalized spacial score (nSPS) is 20.6. The van der Waals surface area contributed by atoms with E-state index in [1.165, 1.54) is 11.3 Å². The van der Waals surface area contributed by atoms with Crippen LogP contribution < -0.4 is 10.6 Å². The van der Waals surface area contributed by atoms with Crippen LogP contribution in [-0.2, 0) is 21.4 Å². The lowest BCUT2D eigenvalue weighted by Gasteiger charge is -2.28. The van der Waals surface area contributed by atoms with Crippen molar-refractivity contribution in [3.63, 3.8) is 0 Å². The van der Waals surface area contributed by atoms with Gasteiger partial charge >= 0.3 is 5.97 Å². The van der Waals surface area contributed by atoms with Gasteiger partial charge in [-0.05, 0) is 26.3 Å². The van der Waals surface area contributed by atoms with Crippen molar-refractivity contribution < 1.29 is 24.2 Å². The van der Waals surface area contributed by atoms with Crippen molar-refractivity contribution in [1.82, 2.24) is 20.4 Å². The van der Waals surface area contributed by atoms with Crippen LogP contribution in [0.2, 0.25) is 0 Å².